The van der Waals surface area contributed by atoms with E-state index >= 15 is 0 Å². The van der Waals surface area contributed by atoms with Crippen molar-refractivity contribution in [2.75, 3.05) is 0 Å². The van der Waals surface area contributed by atoms with Gasteiger partial charge < -0.3 is 0 Å². The highest BCUT2D eigenvalue weighted by atomic mass is 32.1. The lowest BCUT2D eigenvalue weighted by Gasteiger charge is -1.99. The molecule has 20 heavy (non-hydrogen) atoms. The SMILES string of the molecule is Cc1nc2c(C=Cc3ccsc3)nccn2c1CC#N. The summed E-state index contributed by atoms with van der Waals surface area (Å²) in [6, 6.07) is 4.23. The van der Waals surface area contributed by atoms with Gasteiger partial charge in [-0.2, -0.15) is 16.6 Å². The zero-order valence-electron chi connectivity index (χ0n) is 10.9. The second kappa shape index (κ2) is 5.27. The Hall–Kier alpha value is -2.45. The van der Waals surface area contributed by atoms with Crippen LogP contribution in [-0.4, -0.2) is 14.4 Å². The average Bonchev–Trinajstić information content (AvgIpc) is 3.06. The molecule has 4 nitrogen and oxygen atoms in total. The number of thiophene rings is 1. The van der Waals surface area contributed by atoms with Gasteiger partial charge in [0.15, 0.2) is 5.65 Å². The van der Waals surface area contributed by atoms with Crippen LogP contribution in [0, 0.1) is 18.3 Å². The van der Waals surface area contributed by atoms with Crippen molar-refractivity contribution in [1.82, 2.24) is 14.4 Å². The molecular weight excluding hydrogens is 268 g/mol. The van der Waals surface area contributed by atoms with Crippen molar-refractivity contribution >= 4 is 29.1 Å². The second-order valence-electron chi connectivity index (χ2n) is 4.37. The van der Waals surface area contributed by atoms with Crippen molar-refractivity contribution in [1.29, 1.82) is 5.26 Å². The lowest BCUT2D eigenvalue weighted by molar-refractivity contribution is 1.02. The maximum atomic E-state index is 8.90. The summed E-state index contributed by atoms with van der Waals surface area (Å²) in [5.41, 5.74) is 4.56. The molecule has 0 atom stereocenters. The topological polar surface area (TPSA) is 54.0 Å². The van der Waals surface area contributed by atoms with E-state index in [2.05, 4.69) is 27.5 Å². The number of nitriles is 1. The first-order valence-electron chi connectivity index (χ1n) is 6.19. The third-order valence-electron chi connectivity index (χ3n) is 3.09. The molecule has 3 aromatic heterocycles. The molecule has 98 valence electrons. The number of imidazole rings is 1. The molecule has 0 aliphatic carbocycles. The molecule has 0 aliphatic heterocycles. The first kappa shape index (κ1) is 12.6. The molecular formula is C15H12N4S. The molecule has 3 rings (SSSR count). The number of rotatable bonds is 3. The van der Waals surface area contributed by atoms with Crippen LogP contribution < -0.4 is 0 Å². The highest BCUT2D eigenvalue weighted by Gasteiger charge is 2.10. The minimum Gasteiger partial charge on any atom is -0.299 e. The van der Waals surface area contributed by atoms with E-state index in [9.17, 15) is 0 Å². The Bertz CT molecular complexity index is 806. The zero-order valence-corrected chi connectivity index (χ0v) is 11.8. The van der Waals surface area contributed by atoms with Crippen LogP contribution in [0.3, 0.4) is 0 Å². The van der Waals surface area contributed by atoms with Gasteiger partial charge in [0.05, 0.1) is 23.9 Å². The van der Waals surface area contributed by atoms with Gasteiger partial charge in [-0.25, -0.2) is 4.98 Å². The summed E-state index contributed by atoms with van der Waals surface area (Å²) >= 11 is 1.66. The van der Waals surface area contributed by atoms with Gasteiger partial charge in [-0.3, -0.25) is 9.38 Å². The summed E-state index contributed by atoms with van der Waals surface area (Å²) in [4.78, 5) is 8.90. The van der Waals surface area contributed by atoms with Gasteiger partial charge in [-0.15, -0.1) is 0 Å². The standard InChI is InChI=1S/C15H12N4S/c1-11-14(4-6-16)19-8-7-17-13(15(19)18-11)3-2-12-5-9-20-10-12/h2-3,5,7-10H,4H2,1H3. The molecule has 0 bridgehead atoms. The number of nitrogens with zero attached hydrogens (tertiary/aromatic N) is 4. The van der Waals surface area contributed by atoms with Crippen molar-refractivity contribution < 1.29 is 0 Å². The maximum absolute atomic E-state index is 8.90. The largest absolute Gasteiger partial charge is 0.299 e. The molecule has 0 saturated carbocycles. The third kappa shape index (κ3) is 2.22. The monoisotopic (exact) mass is 280 g/mol. The Morgan fingerprint density at radius 2 is 2.35 bits per heavy atom. The van der Waals surface area contributed by atoms with Crippen molar-refractivity contribution in [2.24, 2.45) is 0 Å². The summed E-state index contributed by atoms with van der Waals surface area (Å²) < 4.78 is 1.94. The van der Waals surface area contributed by atoms with E-state index in [0.717, 1.165) is 28.3 Å². The molecule has 3 heterocycles. The number of aromatic nitrogens is 3. The highest BCUT2D eigenvalue weighted by molar-refractivity contribution is 7.08. The Kier molecular flexibility index (Phi) is 3.32. The fourth-order valence-corrected chi connectivity index (χ4v) is 2.74. The van der Waals surface area contributed by atoms with Gasteiger partial charge in [0.2, 0.25) is 0 Å². The summed E-state index contributed by atoms with van der Waals surface area (Å²) in [7, 11) is 0. The van der Waals surface area contributed by atoms with Crippen LogP contribution in [0.4, 0.5) is 0 Å². The van der Waals surface area contributed by atoms with Gasteiger partial charge in [-0.1, -0.05) is 6.08 Å². The minimum atomic E-state index is 0.352. The Morgan fingerprint density at radius 1 is 1.45 bits per heavy atom. The van der Waals surface area contributed by atoms with Crippen molar-refractivity contribution in [3.63, 3.8) is 0 Å². The Labute approximate surface area is 120 Å². The van der Waals surface area contributed by atoms with Crippen LogP contribution in [0.2, 0.25) is 0 Å². The van der Waals surface area contributed by atoms with Crippen LogP contribution in [-0.2, 0) is 6.42 Å². The van der Waals surface area contributed by atoms with E-state index in [1.54, 1.807) is 17.5 Å². The lowest BCUT2D eigenvalue weighted by Crippen LogP contribution is -1.95. The molecule has 3 aromatic rings. The number of hydrogen-bond acceptors (Lipinski definition) is 4. The minimum absolute atomic E-state index is 0.352. The van der Waals surface area contributed by atoms with Gasteiger partial charge in [0.25, 0.3) is 0 Å². The van der Waals surface area contributed by atoms with Gasteiger partial charge in [0, 0.05) is 12.4 Å². The summed E-state index contributed by atoms with van der Waals surface area (Å²) in [5, 5.41) is 13.0. The fourth-order valence-electron chi connectivity index (χ4n) is 2.11. The molecule has 0 radical (unpaired) electrons. The fraction of sp³-hybridized carbons (Fsp3) is 0.133. The third-order valence-corrected chi connectivity index (χ3v) is 3.79. The first-order valence-corrected chi connectivity index (χ1v) is 7.13. The number of hydrogen-bond donors (Lipinski definition) is 0. The van der Waals surface area contributed by atoms with Gasteiger partial charge >= 0.3 is 0 Å². The predicted octanol–water partition coefficient (Wildman–Crippen LogP) is 3.34. The maximum Gasteiger partial charge on any atom is 0.163 e. The molecule has 0 unspecified atom stereocenters. The van der Waals surface area contributed by atoms with Crippen molar-refractivity contribution in [3.05, 3.63) is 51.9 Å². The average molecular weight is 280 g/mol. The van der Waals surface area contributed by atoms with E-state index < -0.39 is 0 Å². The van der Waals surface area contributed by atoms with E-state index in [4.69, 9.17) is 5.26 Å². The summed E-state index contributed by atoms with van der Waals surface area (Å²) in [6.07, 6.45) is 7.92. The number of fused-ring (bicyclic) bond motifs is 1. The molecule has 0 amide bonds. The Morgan fingerprint density at radius 3 is 3.10 bits per heavy atom. The second-order valence-corrected chi connectivity index (χ2v) is 5.15. The van der Waals surface area contributed by atoms with Crippen LogP contribution in [0.15, 0.2) is 29.2 Å². The molecule has 5 heteroatoms. The predicted molar refractivity (Wildman–Crippen MR) is 80.3 cm³/mol. The smallest absolute Gasteiger partial charge is 0.163 e. The van der Waals surface area contributed by atoms with Crippen molar-refractivity contribution in [2.45, 2.75) is 13.3 Å². The van der Waals surface area contributed by atoms with Crippen LogP contribution in [0.25, 0.3) is 17.8 Å². The normalized spacial score (nSPS) is 11.2. The molecule has 0 aromatic carbocycles. The summed E-state index contributed by atoms with van der Waals surface area (Å²) in [6.45, 7) is 1.92. The van der Waals surface area contributed by atoms with Crippen LogP contribution in [0.5, 0.6) is 0 Å². The van der Waals surface area contributed by atoms with E-state index in [1.165, 1.54) is 0 Å². The zero-order chi connectivity index (χ0) is 13.9. The van der Waals surface area contributed by atoms with Crippen LogP contribution in [0.1, 0.15) is 22.6 Å². The quantitative estimate of drug-likeness (QED) is 0.739. The molecule has 0 N–H and O–H groups in total. The van der Waals surface area contributed by atoms with E-state index in [0.29, 0.717) is 6.42 Å². The first-order chi connectivity index (χ1) is 9.79. The molecule has 0 saturated heterocycles. The van der Waals surface area contributed by atoms with Gasteiger partial charge in [0.1, 0.15) is 5.69 Å². The van der Waals surface area contributed by atoms with Gasteiger partial charge in [-0.05, 0) is 35.4 Å². The molecule has 0 spiro atoms. The summed E-state index contributed by atoms with van der Waals surface area (Å²) in [5.74, 6) is 0. The molecule has 0 fully saturated rings. The lowest BCUT2D eigenvalue weighted by atomic mass is 10.2. The van der Waals surface area contributed by atoms with E-state index in [-0.39, 0.29) is 0 Å². The Balaban J connectivity index is 2.09. The molecule has 0 aliphatic rings. The van der Waals surface area contributed by atoms with Crippen LogP contribution >= 0.6 is 11.3 Å². The van der Waals surface area contributed by atoms with Crippen molar-refractivity contribution in [3.8, 4) is 6.07 Å². The highest BCUT2D eigenvalue weighted by Crippen LogP contribution is 2.17. The number of aryl methyl sites for hydroxylation is 1. The van der Waals surface area contributed by atoms with E-state index in [1.807, 2.05) is 35.1 Å².